The Balaban J connectivity index is 3.57. The Hall–Kier alpha value is -0.130. The van der Waals surface area contributed by atoms with Crippen LogP contribution in [0.15, 0.2) is 0 Å². The maximum Gasteiger partial charge on any atom is 0.151 e. The van der Waals surface area contributed by atoms with Crippen LogP contribution >= 0.6 is 0 Å². The number of hydrogen-bond acceptors (Lipinski definition) is 4. The minimum atomic E-state index is -2.83. The number of rotatable bonds is 11. The van der Waals surface area contributed by atoms with Crippen molar-refractivity contribution >= 4 is 9.84 Å². The molecule has 0 saturated heterocycles. The Bertz CT molecular complexity index is 262. The summed E-state index contributed by atoms with van der Waals surface area (Å²) in [4.78, 5) is 2.32. The highest BCUT2D eigenvalue weighted by atomic mass is 32.2. The SMILES string of the molecule is CCCCS(=O)(=O)CCNCCN(CC)CC. The summed E-state index contributed by atoms with van der Waals surface area (Å²) in [5.74, 6) is 0.604. The topological polar surface area (TPSA) is 49.4 Å². The van der Waals surface area contributed by atoms with Gasteiger partial charge in [0.2, 0.25) is 0 Å². The van der Waals surface area contributed by atoms with Crippen molar-refractivity contribution in [3.8, 4) is 0 Å². The van der Waals surface area contributed by atoms with Crippen molar-refractivity contribution in [1.29, 1.82) is 0 Å². The molecule has 0 aliphatic rings. The van der Waals surface area contributed by atoms with Gasteiger partial charge < -0.3 is 10.2 Å². The third-order valence-electron chi connectivity index (χ3n) is 2.90. The van der Waals surface area contributed by atoms with Gasteiger partial charge in [-0.2, -0.15) is 0 Å². The van der Waals surface area contributed by atoms with E-state index in [1.54, 1.807) is 0 Å². The summed E-state index contributed by atoms with van der Waals surface area (Å²) in [6.07, 6.45) is 1.72. The molecule has 0 aliphatic heterocycles. The van der Waals surface area contributed by atoms with Gasteiger partial charge in [0.15, 0.2) is 9.84 Å². The number of unbranched alkanes of at least 4 members (excludes halogenated alkanes) is 1. The third-order valence-corrected chi connectivity index (χ3v) is 4.63. The minimum absolute atomic E-state index is 0.269. The average molecular weight is 264 g/mol. The Labute approximate surface area is 107 Å². The molecule has 0 radical (unpaired) electrons. The zero-order chi connectivity index (χ0) is 13.1. The molecule has 1 N–H and O–H groups in total. The van der Waals surface area contributed by atoms with Crippen molar-refractivity contribution in [2.24, 2.45) is 0 Å². The number of hydrogen-bond donors (Lipinski definition) is 1. The molecule has 0 aromatic carbocycles. The largest absolute Gasteiger partial charge is 0.314 e. The van der Waals surface area contributed by atoms with Crippen molar-refractivity contribution in [3.63, 3.8) is 0 Å². The molecule has 0 aromatic heterocycles. The number of nitrogens with zero attached hydrogens (tertiary/aromatic N) is 1. The summed E-state index contributed by atoms with van der Waals surface area (Å²) in [7, 11) is -2.83. The molecule has 0 unspecified atom stereocenters. The molecule has 5 heteroatoms. The molecule has 0 spiro atoms. The van der Waals surface area contributed by atoms with Crippen LogP contribution in [0.3, 0.4) is 0 Å². The van der Waals surface area contributed by atoms with E-state index in [9.17, 15) is 8.42 Å². The van der Waals surface area contributed by atoms with E-state index in [1.807, 2.05) is 6.92 Å². The van der Waals surface area contributed by atoms with Crippen molar-refractivity contribution in [3.05, 3.63) is 0 Å². The minimum Gasteiger partial charge on any atom is -0.314 e. The van der Waals surface area contributed by atoms with E-state index in [0.717, 1.165) is 39.0 Å². The van der Waals surface area contributed by atoms with Crippen molar-refractivity contribution in [1.82, 2.24) is 10.2 Å². The van der Waals surface area contributed by atoms with Gasteiger partial charge in [0.25, 0.3) is 0 Å². The van der Waals surface area contributed by atoms with E-state index < -0.39 is 9.84 Å². The van der Waals surface area contributed by atoms with Gasteiger partial charge in [-0.1, -0.05) is 27.2 Å². The molecular formula is C12H28N2O2S. The molecule has 0 saturated carbocycles. The van der Waals surface area contributed by atoms with Gasteiger partial charge >= 0.3 is 0 Å². The summed E-state index contributed by atoms with van der Waals surface area (Å²) < 4.78 is 23.1. The maximum atomic E-state index is 11.5. The molecule has 0 aliphatic carbocycles. The number of nitrogens with one attached hydrogen (secondary N) is 1. The second-order valence-corrected chi connectivity index (χ2v) is 6.59. The fourth-order valence-electron chi connectivity index (χ4n) is 1.60. The zero-order valence-corrected chi connectivity index (χ0v) is 12.4. The molecule has 0 aromatic rings. The molecule has 0 bridgehead atoms. The lowest BCUT2D eigenvalue weighted by atomic mass is 10.4. The van der Waals surface area contributed by atoms with E-state index in [0.29, 0.717) is 12.3 Å². The first-order valence-corrected chi connectivity index (χ1v) is 8.51. The molecule has 17 heavy (non-hydrogen) atoms. The van der Waals surface area contributed by atoms with Gasteiger partial charge in [-0.05, 0) is 19.5 Å². The van der Waals surface area contributed by atoms with E-state index in [1.165, 1.54) is 0 Å². The van der Waals surface area contributed by atoms with Crippen LogP contribution in [-0.4, -0.2) is 57.5 Å². The van der Waals surface area contributed by atoms with E-state index in [4.69, 9.17) is 0 Å². The average Bonchev–Trinajstić information content (AvgIpc) is 2.31. The van der Waals surface area contributed by atoms with E-state index in [2.05, 4.69) is 24.1 Å². The van der Waals surface area contributed by atoms with Crippen molar-refractivity contribution in [2.75, 3.05) is 44.2 Å². The predicted molar refractivity (Wildman–Crippen MR) is 74.2 cm³/mol. The first-order chi connectivity index (χ1) is 8.05. The Morgan fingerprint density at radius 1 is 1.00 bits per heavy atom. The normalized spacial score (nSPS) is 12.2. The monoisotopic (exact) mass is 264 g/mol. The fraction of sp³-hybridized carbons (Fsp3) is 1.00. The van der Waals surface area contributed by atoms with E-state index in [-0.39, 0.29) is 5.75 Å². The first-order valence-electron chi connectivity index (χ1n) is 6.69. The summed E-state index contributed by atoms with van der Waals surface area (Å²) in [6.45, 7) is 10.8. The smallest absolute Gasteiger partial charge is 0.151 e. The molecule has 0 rings (SSSR count). The number of likely N-dealkylation sites (N-methyl/N-ethyl adjacent to an activating group) is 1. The highest BCUT2D eigenvalue weighted by molar-refractivity contribution is 7.91. The lowest BCUT2D eigenvalue weighted by molar-refractivity contribution is 0.303. The third kappa shape index (κ3) is 9.56. The molecule has 0 atom stereocenters. The van der Waals surface area contributed by atoms with Crippen LogP contribution in [0.2, 0.25) is 0 Å². The predicted octanol–water partition coefficient (Wildman–Crippen LogP) is 1.13. The van der Waals surface area contributed by atoms with Crippen LogP contribution in [0.25, 0.3) is 0 Å². The number of sulfone groups is 1. The lowest BCUT2D eigenvalue weighted by Crippen LogP contribution is -2.34. The Morgan fingerprint density at radius 3 is 2.18 bits per heavy atom. The Morgan fingerprint density at radius 2 is 1.65 bits per heavy atom. The van der Waals surface area contributed by atoms with Gasteiger partial charge in [0.05, 0.1) is 11.5 Å². The molecule has 0 fully saturated rings. The molecule has 4 nitrogen and oxygen atoms in total. The van der Waals surface area contributed by atoms with Crippen LogP contribution in [0, 0.1) is 0 Å². The standard InChI is InChI=1S/C12H28N2O2S/c1-4-7-11-17(15,16)12-9-13-8-10-14(5-2)6-3/h13H,4-12H2,1-3H3. The van der Waals surface area contributed by atoms with Gasteiger partial charge in [0.1, 0.15) is 0 Å². The van der Waals surface area contributed by atoms with Crippen molar-refractivity contribution < 1.29 is 8.42 Å². The van der Waals surface area contributed by atoms with Crippen LogP contribution in [0.5, 0.6) is 0 Å². The van der Waals surface area contributed by atoms with E-state index >= 15 is 0 Å². The second-order valence-electron chi connectivity index (χ2n) is 4.28. The second kappa shape index (κ2) is 9.85. The molecular weight excluding hydrogens is 236 g/mol. The van der Waals surface area contributed by atoms with Gasteiger partial charge in [-0.3, -0.25) is 0 Å². The highest BCUT2D eigenvalue weighted by Gasteiger charge is 2.08. The van der Waals surface area contributed by atoms with Gasteiger partial charge in [-0.15, -0.1) is 0 Å². The highest BCUT2D eigenvalue weighted by Crippen LogP contribution is 1.96. The molecule has 0 heterocycles. The summed E-state index contributed by atoms with van der Waals surface area (Å²) >= 11 is 0. The quantitative estimate of drug-likeness (QED) is 0.568. The molecule has 0 amide bonds. The summed E-state index contributed by atoms with van der Waals surface area (Å²) in [6, 6.07) is 0. The Kier molecular flexibility index (Phi) is 9.78. The van der Waals surface area contributed by atoms with Crippen LogP contribution < -0.4 is 5.32 Å². The zero-order valence-electron chi connectivity index (χ0n) is 11.5. The first kappa shape index (κ1) is 16.9. The van der Waals surface area contributed by atoms with Gasteiger partial charge in [-0.25, -0.2) is 8.42 Å². The lowest BCUT2D eigenvalue weighted by Gasteiger charge is -2.17. The fourth-order valence-corrected chi connectivity index (χ4v) is 2.98. The van der Waals surface area contributed by atoms with Crippen LogP contribution in [-0.2, 0) is 9.84 Å². The summed E-state index contributed by atoms with van der Waals surface area (Å²) in [5.41, 5.74) is 0. The van der Waals surface area contributed by atoms with Crippen molar-refractivity contribution in [2.45, 2.75) is 33.6 Å². The molecule has 104 valence electrons. The van der Waals surface area contributed by atoms with Crippen LogP contribution in [0.4, 0.5) is 0 Å². The maximum absolute atomic E-state index is 11.5. The van der Waals surface area contributed by atoms with Gasteiger partial charge in [0, 0.05) is 19.6 Å². The summed E-state index contributed by atoms with van der Waals surface area (Å²) in [5, 5.41) is 3.20. The van der Waals surface area contributed by atoms with Crippen LogP contribution in [0.1, 0.15) is 33.6 Å².